The lowest BCUT2D eigenvalue weighted by atomic mass is 10.1. The molecule has 1 amide bonds. The lowest BCUT2D eigenvalue weighted by molar-refractivity contribution is 0.0981. The topological polar surface area (TPSA) is 92.5 Å². The van der Waals surface area contributed by atoms with Crippen molar-refractivity contribution in [1.29, 1.82) is 0 Å². The molecule has 0 unspecified atom stereocenters. The fraction of sp³-hybridized carbons (Fsp3) is 0.323. The van der Waals surface area contributed by atoms with Crippen LogP contribution in [0.2, 0.25) is 0 Å². The van der Waals surface area contributed by atoms with Crippen molar-refractivity contribution in [3.8, 4) is 11.5 Å². The fourth-order valence-electron chi connectivity index (χ4n) is 4.56. The summed E-state index contributed by atoms with van der Waals surface area (Å²) in [5.41, 5.74) is 4.11. The molecule has 0 saturated heterocycles. The number of anilines is 2. The molecule has 0 spiro atoms. The molecular formula is C31H35N5O3. The Morgan fingerprint density at radius 2 is 2.00 bits per heavy atom. The number of ether oxygens (including phenoxy) is 1. The van der Waals surface area contributed by atoms with Crippen molar-refractivity contribution in [2.45, 2.75) is 52.6 Å². The maximum Gasteiger partial charge on any atom is 0.407 e. The highest BCUT2D eigenvalue weighted by Gasteiger charge is 2.26. The predicted octanol–water partition coefficient (Wildman–Crippen LogP) is 7.48. The molecule has 5 rings (SSSR count). The quantitative estimate of drug-likeness (QED) is 0.235. The molecule has 1 saturated carbocycles. The monoisotopic (exact) mass is 525 g/mol. The molecule has 2 heterocycles. The Hall–Kier alpha value is -4.33. The van der Waals surface area contributed by atoms with Crippen LogP contribution < -0.4 is 10.1 Å². The first-order chi connectivity index (χ1) is 18.7. The van der Waals surface area contributed by atoms with E-state index in [9.17, 15) is 9.90 Å². The lowest BCUT2D eigenvalue weighted by Crippen LogP contribution is -2.46. The van der Waals surface area contributed by atoms with Crippen LogP contribution in [0.25, 0.3) is 17.1 Å². The van der Waals surface area contributed by atoms with Crippen LogP contribution in [0, 0.1) is 12.8 Å². The zero-order valence-electron chi connectivity index (χ0n) is 22.9. The largest absolute Gasteiger partial charge is 0.465 e. The van der Waals surface area contributed by atoms with E-state index in [4.69, 9.17) is 4.74 Å². The second-order valence-electron chi connectivity index (χ2n) is 11.0. The van der Waals surface area contributed by atoms with Gasteiger partial charge in [-0.2, -0.15) is 0 Å². The van der Waals surface area contributed by atoms with Crippen LogP contribution in [0.1, 0.15) is 44.7 Å². The number of carboxylic acid groups (broad SMARTS) is 1. The number of fused-ring (bicyclic) bond motifs is 1. The number of nitrogens with zero attached hydrogens (tertiary/aromatic N) is 4. The van der Waals surface area contributed by atoms with Crippen molar-refractivity contribution in [3.05, 3.63) is 78.3 Å². The van der Waals surface area contributed by atoms with Crippen LogP contribution in [0.15, 0.2) is 67.1 Å². The first-order valence-corrected chi connectivity index (χ1v) is 13.3. The van der Waals surface area contributed by atoms with E-state index in [1.54, 1.807) is 0 Å². The molecule has 0 bridgehead atoms. The van der Waals surface area contributed by atoms with Crippen molar-refractivity contribution in [2.24, 2.45) is 5.92 Å². The average Bonchev–Trinajstić information content (AvgIpc) is 3.62. The molecule has 1 aliphatic rings. The average molecular weight is 526 g/mol. The van der Waals surface area contributed by atoms with Gasteiger partial charge in [0.25, 0.3) is 0 Å². The van der Waals surface area contributed by atoms with Crippen LogP contribution in [0.5, 0.6) is 11.5 Å². The minimum Gasteiger partial charge on any atom is -0.465 e. The fourth-order valence-corrected chi connectivity index (χ4v) is 4.56. The smallest absolute Gasteiger partial charge is 0.407 e. The summed E-state index contributed by atoms with van der Waals surface area (Å²) in [6, 6.07) is 16.0. The van der Waals surface area contributed by atoms with Gasteiger partial charge >= 0.3 is 6.09 Å². The molecule has 1 aliphatic carbocycles. The maximum absolute atomic E-state index is 11.8. The van der Waals surface area contributed by atoms with Gasteiger partial charge in [0.1, 0.15) is 23.3 Å². The van der Waals surface area contributed by atoms with Crippen LogP contribution in [0.4, 0.5) is 16.3 Å². The summed E-state index contributed by atoms with van der Waals surface area (Å²) in [7, 11) is 0. The number of benzene rings is 2. The van der Waals surface area contributed by atoms with Crippen molar-refractivity contribution in [3.63, 3.8) is 0 Å². The Bertz CT molecular complexity index is 1510. The number of carbonyl (C=O) groups is 1. The van der Waals surface area contributed by atoms with E-state index >= 15 is 0 Å². The third-order valence-corrected chi connectivity index (χ3v) is 6.86. The highest BCUT2D eigenvalue weighted by atomic mass is 16.5. The van der Waals surface area contributed by atoms with E-state index in [0.717, 1.165) is 45.3 Å². The van der Waals surface area contributed by atoms with Gasteiger partial charge in [0.05, 0.1) is 5.52 Å². The number of amides is 1. The van der Waals surface area contributed by atoms with Gasteiger partial charge in [-0.05, 0) is 94.0 Å². The van der Waals surface area contributed by atoms with Gasteiger partial charge in [-0.15, -0.1) is 0 Å². The molecule has 0 atom stereocenters. The zero-order chi connectivity index (χ0) is 27.6. The van der Waals surface area contributed by atoms with Gasteiger partial charge in [0.15, 0.2) is 5.82 Å². The molecule has 1 fully saturated rings. The van der Waals surface area contributed by atoms with Crippen molar-refractivity contribution in [2.75, 3.05) is 11.9 Å². The first kappa shape index (κ1) is 26.3. The third-order valence-electron chi connectivity index (χ3n) is 6.86. The van der Waals surface area contributed by atoms with Gasteiger partial charge in [-0.25, -0.2) is 14.8 Å². The summed E-state index contributed by atoms with van der Waals surface area (Å²) in [6.07, 6.45) is 9.54. The molecule has 0 aliphatic heterocycles. The van der Waals surface area contributed by atoms with Gasteiger partial charge in [0, 0.05) is 30.5 Å². The Morgan fingerprint density at radius 1 is 1.18 bits per heavy atom. The number of nitrogens with one attached hydrogen (secondary N) is 1. The number of aromatic nitrogens is 3. The molecular weight excluding hydrogens is 490 g/mol. The molecule has 0 radical (unpaired) electrons. The van der Waals surface area contributed by atoms with Crippen molar-refractivity contribution >= 4 is 34.7 Å². The van der Waals surface area contributed by atoms with Crippen LogP contribution in [-0.4, -0.2) is 42.7 Å². The first-order valence-electron chi connectivity index (χ1n) is 13.3. The van der Waals surface area contributed by atoms with Gasteiger partial charge in [0.2, 0.25) is 0 Å². The summed E-state index contributed by atoms with van der Waals surface area (Å²) in [5.74, 6) is 2.98. The summed E-state index contributed by atoms with van der Waals surface area (Å²) < 4.78 is 8.21. The van der Waals surface area contributed by atoms with E-state index < -0.39 is 11.6 Å². The number of allylic oxidation sites excluding steroid dienone is 1. The maximum atomic E-state index is 11.8. The van der Waals surface area contributed by atoms with Gasteiger partial charge in [-0.1, -0.05) is 24.3 Å². The summed E-state index contributed by atoms with van der Waals surface area (Å²) in [4.78, 5) is 22.1. The second kappa shape index (κ2) is 10.8. The molecule has 8 heteroatoms. The van der Waals surface area contributed by atoms with Crippen LogP contribution in [-0.2, 0) is 6.54 Å². The summed E-state index contributed by atoms with van der Waals surface area (Å²) in [5, 5.41) is 13.1. The molecule has 2 aromatic heterocycles. The zero-order valence-corrected chi connectivity index (χ0v) is 22.9. The van der Waals surface area contributed by atoms with Crippen molar-refractivity contribution in [1.82, 2.24) is 19.4 Å². The number of hydrogen-bond acceptors (Lipinski definition) is 5. The molecule has 202 valence electrons. The normalized spacial score (nSPS) is 13.6. The number of rotatable bonds is 9. The van der Waals surface area contributed by atoms with Gasteiger partial charge < -0.3 is 24.6 Å². The number of hydrogen-bond donors (Lipinski definition) is 2. The Morgan fingerprint density at radius 3 is 2.72 bits per heavy atom. The Kier molecular flexibility index (Phi) is 7.28. The minimum atomic E-state index is -0.937. The standard InChI is InChI=1S/C31H35N5O3/c1-21-18-24(12-13-27(21)39-25-7-5-6-23(19-25)11-10-22-8-9-22)34-29-28-26(32-20-33-29)14-15-35(28)16-17-36(30(37)38)31(2,3)4/h5-7,10-15,18-20,22H,8-9,16-17H2,1-4H3,(H,37,38)(H,32,33,34). The van der Waals surface area contributed by atoms with E-state index in [-0.39, 0.29) is 0 Å². The van der Waals surface area contributed by atoms with Crippen LogP contribution >= 0.6 is 0 Å². The molecule has 4 aromatic rings. The highest BCUT2D eigenvalue weighted by Crippen LogP contribution is 2.33. The van der Waals surface area contributed by atoms with E-state index in [2.05, 4.69) is 39.6 Å². The molecule has 2 N–H and O–H groups in total. The van der Waals surface area contributed by atoms with E-state index in [1.807, 2.05) is 74.9 Å². The highest BCUT2D eigenvalue weighted by molar-refractivity contribution is 5.88. The molecule has 2 aromatic carbocycles. The second-order valence-corrected chi connectivity index (χ2v) is 11.0. The third kappa shape index (κ3) is 6.39. The van der Waals surface area contributed by atoms with Crippen LogP contribution in [0.3, 0.4) is 0 Å². The Labute approximate surface area is 229 Å². The molecule has 8 nitrogen and oxygen atoms in total. The van der Waals surface area contributed by atoms with Crippen molar-refractivity contribution < 1.29 is 14.6 Å². The molecule has 39 heavy (non-hydrogen) atoms. The minimum absolute atomic E-state index is 0.347. The summed E-state index contributed by atoms with van der Waals surface area (Å²) >= 11 is 0. The summed E-state index contributed by atoms with van der Waals surface area (Å²) in [6.45, 7) is 8.52. The van der Waals surface area contributed by atoms with E-state index in [0.29, 0.717) is 18.9 Å². The SMILES string of the molecule is Cc1cc(Nc2ncnc3ccn(CCN(C(=O)O)C(C)(C)C)c23)ccc1Oc1cccc(C=CC2CC2)c1. The Balaban J connectivity index is 1.32. The number of aryl methyl sites for hydroxylation is 1. The van der Waals surface area contributed by atoms with Gasteiger partial charge in [-0.3, -0.25) is 0 Å². The predicted molar refractivity (Wildman–Crippen MR) is 155 cm³/mol. The lowest BCUT2D eigenvalue weighted by Gasteiger charge is -2.33. The van der Waals surface area contributed by atoms with E-state index in [1.165, 1.54) is 24.1 Å².